The first-order chi connectivity index (χ1) is 5.10. The SMILES string of the molecule is OB(O[Si](O)(O)O)O[Si](O)(O)O. The highest BCUT2D eigenvalue weighted by molar-refractivity contribution is 6.64. The van der Waals surface area contributed by atoms with Crippen LogP contribution in [0, 0.1) is 0 Å². The zero-order chi connectivity index (χ0) is 9.99. The molecule has 0 aliphatic heterocycles. The number of hydrogen-bond acceptors (Lipinski definition) is 9. The third-order valence-electron chi connectivity index (χ3n) is 0.518. The second kappa shape index (κ2) is 3.90. The molecule has 0 aliphatic carbocycles. The van der Waals surface area contributed by atoms with Gasteiger partial charge in [0.1, 0.15) is 0 Å². The molecular weight excluding hydrogens is 211 g/mol. The first-order valence-electron chi connectivity index (χ1n) is 2.48. The van der Waals surface area contributed by atoms with Gasteiger partial charge in [-0.25, -0.2) is 0 Å². The van der Waals surface area contributed by atoms with Crippen LogP contribution in [0.2, 0.25) is 0 Å². The van der Waals surface area contributed by atoms with E-state index in [9.17, 15) is 0 Å². The second-order valence-electron chi connectivity index (χ2n) is 1.69. The quantitative estimate of drug-likeness (QED) is 0.229. The van der Waals surface area contributed by atoms with Gasteiger partial charge in [0.25, 0.3) is 0 Å². The van der Waals surface area contributed by atoms with Crippen LogP contribution in [0.25, 0.3) is 0 Å². The van der Waals surface area contributed by atoms with Gasteiger partial charge in [-0.2, -0.15) is 0 Å². The van der Waals surface area contributed by atoms with Crippen LogP contribution in [-0.2, 0) is 8.69 Å². The molecule has 0 saturated heterocycles. The van der Waals surface area contributed by atoms with Gasteiger partial charge in [0.15, 0.2) is 0 Å². The largest absolute Gasteiger partial charge is 0.659 e. The summed E-state index contributed by atoms with van der Waals surface area (Å²) in [5.41, 5.74) is 0. The summed E-state index contributed by atoms with van der Waals surface area (Å²) < 4.78 is 7.01. The molecule has 12 heteroatoms. The Balaban J connectivity index is 3.83. The fraction of sp³-hybridized carbons (Fsp3) is 0. The first kappa shape index (κ1) is 12.1. The minimum absolute atomic E-state index is 2.52. The van der Waals surface area contributed by atoms with E-state index in [4.69, 9.17) is 33.8 Å². The Morgan fingerprint density at radius 3 is 1.17 bits per heavy atom. The topological polar surface area (TPSA) is 160 Å². The summed E-state index contributed by atoms with van der Waals surface area (Å²) in [6, 6.07) is 0. The molecule has 0 heterocycles. The van der Waals surface area contributed by atoms with Gasteiger partial charge in [-0.05, 0) is 0 Å². The molecule has 0 aromatic heterocycles. The molecule has 0 rings (SSSR count). The monoisotopic (exact) mass is 218 g/mol. The molecule has 0 saturated carbocycles. The maximum absolute atomic E-state index is 8.39. The third kappa shape index (κ3) is 8.24. The second-order valence-corrected chi connectivity index (χ2v) is 4.46. The van der Waals surface area contributed by atoms with E-state index in [1.807, 2.05) is 0 Å². The summed E-state index contributed by atoms with van der Waals surface area (Å²) in [7, 11) is -12.5. The molecule has 0 aromatic carbocycles. The van der Waals surface area contributed by atoms with E-state index in [1.54, 1.807) is 0 Å². The fourth-order valence-corrected chi connectivity index (χ4v) is 1.03. The molecule has 0 bridgehead atoms. The third-order valence-corrected chi connectivity index (χ3v) is 1.55. The van der Waals surface area contributed by atoms with Crippen molar-refractivity contribution in [1.82, 2.24) is 0 Å². The van der Waals surface area contributed by atoms with Crippen molar-refractivity contribution in [1.29, 1.82) is 0 Å². The van der Waals surface area contributed by atoms with Crippen molar-refractivity contribution in [2.24, 2.45) is 0 Å². The van der Waals surface area contributed by atoms with E-state index in [0.29, 0.717) is 0 Å². The predicted octanol–water partition coefficient (Wildman–Crippen LogP) is -5.18. The van der Waals surface area contributed by atoms with Gasteiger partial charge in [-0.1, -0.05) is 0 Å². The van der Waals surface area contributed by atoms with E-state index >= 15 is 0 Å². The molecule has 9 nitrogen and oxygen atoms in total. The molecule has 0 amide bonds. The summed E-state index contributed by atoms with van der Waals surface area (Å²) in [6.07, 6.45) is 0. The zero-order valence-corrected chi connectivity index (χ0v) is 7.52. The maximum atomic E-state index is 8.39. The average molecular weight is 218 g/mol. The van der Waals surface area contributed by atoms with E-state index in [1.165, 1.54) is 0 Å². The molecule has 0 unspecified atom stereocenters. The van der Waals surface area contributed by atoms with Gasteiger partial charge < -0.3 is 42.5 Å². The highest BCUT2D eigenvalue weighted by Gasteiger charge is 2.44. The van der Waals surface area contributed by atoms with Gasteiger partial charge in [-0.3, -0.25) is 0 Å². The average Bonchev–Trinajstić information content (AvgIpc) is 1.49. The van der Waals surface area contributed by atoms with Crippen LogP contribution in [0.1, 0.15) is 0 Å². The normalized spacial score (nSPS) is 13.2. The molecule has 0 spiro atoms. The summed E-state index contributed by atoms with van der Waals surface area (Å²) >= 11 is 0. The Labute approximate surface area is 68.8 Å². The van der Waals surface area contributed by atoms with Gasteiger partial charge in [0.2, 0.25) is 0 Å². The Kier molecular flexibility index (Phi) is 3.94. The van der Waals surface area contributed by atoms with Crippen LogP contribution in [-0.4, -0.2) is 59.2 Å². The smallest absolute Gasteiger partial charge is 0.403 e. The molecule has 12 heavy (non-hydrogen) atoms. The molecule has 0 radical (unpaired) electrons. The number of hydrogen-bond donors (Lipinski definition) is 7. The van der Waals surface area contributed by atoms with Crippen LogP contribution in [0.4, 0.5) is 0 Å². The Morgan fingerprint density at radius 1 is 0.750 bits per heavy atom. The fourth-order valence-electron chi connectivity index (χ4n) is 0.295. The Morgan fingerprint density at radius 2 is 1.00 bits per heavy atom. The highest BCUT2D eigenvalue weighted by Crippen LogP contribution is 1.97. The van der Waals surface area contributed by atoms with E-state index in [0.717, 1.165) is 0 Å². The lowest BCUT2D eigenvalue weighted by Crippen LogP contribution is -2.52. The zero-order valence-electron chi connectivity index (χ0n) is 5.52. The van der Waals surface area contributed by atoms with Gasteiger partial charge in [0, 0.05) is 0 Å². The van der Waals surface area contributed by atoms with Crippen LogP contribution in [0.3, 0.4) is 0 Å². The van der Waals surface area contributed by atoms with E-state index < -0.39 is 25.4 Å². The Bertz CT molecular complexity index is 116. The van der Waals surface area contributed by atoms with Crippen LogP contribution in [0.15, 0.2) is 0 Å². The molecular formula is H7BO9Si2. The lowest BCUT2D eigenvalue weighted by atomic mass is 10.3. The van der Waals surface area contributed by atoms with Crippen molar-refractivity contribution in [3.05, 3.63) is 0 Å². The van der Waals surface area contributed by atoms with E-state index in [2.05, 4.69) is 8.69 Å². The minimum atomic E-state index is -5.01. The summed E-state index contributed by atoms with van der Waals surface area (Å²) in [5, 5.41) is 8.39. The van der Waals surface area contributed by atoms with Crippen molar-refractivity contribution in [2.45, 2.75) is 0 Å². The van der Waals surface area contributed by atoms with Gasteiger partial charge >= 0.3 is 25.4 Å². The van der Waals surface area contributed by atoms with E-state index in [-0.39, 0.29) is 0 Å². The van der Waals surface area contributed by atoms with Gasteiger partial charge in [-0.15, -0.1) is 0 Å². The summed E-state index contributed by atoms with van der Waals surface area (Å²) in [5.74, 6) is 0. The van der Waals surface area contributed by atoms with Crippen LogP contribution >= 0.6 is 0 Å². The standard InChI is InChI=1S/BH7O9Si2/c2-1(9-11(3,4)5)10-12(6,7)8/h2-8H. The lowest BCUT2D eigenvalue weighted by Gasteiger charge is -2.15. The van der Waals surface area contributed by atoms with Crippen molar-refractivity contribution in [3.63, 3.8) is 0 Å². The van der Waals surface area contributed by atoms with Crippen molar-refractivity contribution in [2.75, 3.05) is 0 Å². The van der Waals surface area contributed by atoms with Crippen molar-refractivity contribution < 1.29 is 42.5 Å². The minimum Gasteiger partial charge on any atom is -0.403 e. The number of rotatable bonds is 4. The molecule has 72 valence electrons. The molecule has 0 aromatic rings. The van der Waals surface area contributed by atoms with Gasteiger partial charge in [0.05, 0.1) is 0 Å². The predicted molar refractivity (Wildman–Crippen MR) is 35.0 cm³/mol. The van der Waals surface area contributed by atoms with Crippen molar-refractivity contribution >= 4 is 25.4 Å². The first-order valence-corrected chi connectivity index (χ1v) is 5.98. The molecule has 0 atom stereocenters. The molecule has 7 N–H and O–H groups in total. The van der Waals surface area contributed by atoms with Crippen molar-refractivity contribution in [3.8, 4) is 0 Å². The van der Waals surface area contributed by atoms with Crippen LogP contribution < -0.4 is 0 Å². The Hall–Kier alpha value is 0.139. The van der Waals surface area contributed by atoms with Crippen LogP contribution in [0.5, 0.6) is 0 Å². The summed E-state index contributed by atoms with van der Waals surface area (Å²) in [6.45, 7) is 0. The maximum Gasteiger partial charge on any atom is 0.659 e. The highest BCUT2D eigenvalue weighted by atomic mass is 28.4. The summed E-state index contributed by atoms with van der Waals surface area (Å²) in [4.78, 5) is 48.9. The molecule has 0 fully saturated rings. The molecule has 0 aliphatic rings. The lowest BCUT2D eigenvalue weighted by molar-refractivity contribution is 0.0659.